The average molecular weight is 281 g/mol. The summed E-state index contributed by atoms with van der Waals surface area (Å²) >= 11 is 3.44. The summed E-state index contributed by atoms with van der Waals surface area (Å²) in [6, 6.07) is 8.08. The highest BCUT2D eigenvalue weighted by atomic mass is 79.9. The molecule has 1 atom stereocenters. The van der Waals surface area contributed by atoms with Gasteiger partial charge in [0.1, 0.15) is 5.52 Å². The second-order valence-corrected chi connectivity index (χ2v) is 4.36. The minimum atomic E-state index is 0.336. The Bertz CT molecular complexity index is 488. The molecule has 5 heteroatoms. The van der Waals surface area contributed by atoms with Gasteiger partial charge in [0.2, 0.25) is 5.95 Å². The van der Waals surface area contributed by atoms with E-state index in [1.165, 1.54) is 0 Å². The van der Waals surface area contributed by atoms with Crippen LogP contribution in [0.4, 0.5) is 5.95 Å². The molecule has 0 spiro atoms. The Labute approximate surface area is 103 Å². The van der Waals surface area contributed by atoms with E-state index in [4.69, 9.17) is 0 Å². The van der Waals surface area contributed by atoms with Crippen LogP contribution < -0.4 is 4.90 Å². The number of halogens is 1. The van der Waals surface area contributed by atoms with Crippen molar-refractivity contribution in [2.75, 3.05) is 17.3 Å². The lowest BCUT2D eigenvalue weighted by Gasteiger charge is -2.22. The van der Waals surface area contributed by atoms with Gasteiger partial charge in [0.05, 0.1) is 5.52 Å². The van der Waals surface area contributed by atoms with E-state index < -0.39 is 0 Å². The van der Waals surface area contributed by atoms with Crippen molar-refractivity contribution in [2.24, 2.45) is 0 Å². The number of benzene rings is 1. The Morgan fingerprint density at radius 1 is 1.25 bits per heavy atom. The highest BCUT2D eigenvalue weighted by Gasteiger charge is 2.12. The Morgan fingerprint density at radius 2 is 1.94 bits per heavy atom. The van der Waals surface area contributed by atoms with Gasteiger partial charge in [-0.2, -0.15) is 0 Å². The van der Waals surface area contributed by atoms with E-state index in [1.807, 2.05) is 36.2 Å². The quantitative estimate of drug-likeness (QED) is 0.809. The maximum atomic E-state index is 4.48. The van der Waals surface area contributed by atoms with Gasteiger partial charge >= 0.3 is 0 Å². The molecule has 0 aliphatic heterocycles. The highest BCUT2D eigenvalue weighted by molar-refractivity contribution is 9.09. The largest absolute Gasteiger partial charge is 0.339 e. The summed E-state index contributed by atoms with van der Waals surface area (Å²) in [5.74, 6) is 0.658. The summed E-state index contributed by atoms with van der Waals surface area (Å²) in [6.07, 6.45) is 0. The fraction of sp³-hybridized carbons (Fsp3) is 0.364. The minimum absolute atomic E-state index is 0.336. The van der Waals surface area contributed by atoms with Crippen molar-refractivity contribution in [3.63, 3.8) is 0 Å². The summed E-state index contributed by atoms with van der Waals surface area (Å²) in [7, 11) is 1.97. The number of aromatic nitrogens is 3. The number of alkyl halides is 1. The van der Waals surface area contributed by atoms with Gasteiger partial charge in [-0.1, -0.05) is 28.1 Å². The number of para-hydroxylation sites is 1. The molecule has 16 heavy (non-hydrogen) atoms. The van der Waals surface area contributed by atoms with Gasteiger partial charge in [-0.05, 0) is 19.1 Å². The molecule has 1 aromatic carbocycles. The van der Waals surface area contributed by atoms with Crippen LogP contribution in [0.3, 0.4) is 0 Å². The first kappa shape index (κ1) is 11.3. The van der Waals surface area contributed by atoms with Crippen molar-refractivity contribution >= 4 is 32.9 Å². The highest BCUT2D eigenvalue weighted by Crippen LogP contribution is 2.13. The van der Waals surface area contributed by atoms with Gasteiger partial charge in [0, 0.05) is 18.4 Å². The van der Waals surface area contributed by atoms with Crippen molar-refractivity contribution < 1.29 is 0 Å². The second kappa shape index (κ2) is 4.74. The molecule has 1 heterocycles. The molecule has 0 saturated heterocycles. The van der Waals surface area contributed by atoms with E-state index in [2.05, 4.69) is 38.0 Å². The Morgan fingerprint density at radius 3 is 2.62 bits per heavy atom. The van der Waals surface area contributed by atoms with Crippen LogP contribution in [0.15, 0.2) is 24.3 Å². The minimum Gasteiger partial charge on any atom is -0.339 e. The van der Waals surface area contributed by atoms with Gasteiger partial charge < -0.3 is 4.90 Å². The van der Waals surface area contributed by atoms with Gasteiger partial charge in [-0.15, -0.1) is 10.2 Å². The lowest BCUT2D eigenvalue weighted by atomic mass is 10.3. The molecule has 2 rings (SSSR count). The molecule has 2 aromatic rings. The van der Waals surface area contributed by atoms with E-state index >= 15 is 0 Å². The van der Waals surface area contributed by atoms with Crippen LogP contribution in [0.2, 0.25) is 0 Å². The fourth-order valence-electron chi connectivity index (χ4n) is 1.32. The van der Waals surface area contributed by atoms with E-state index in [1.54, 1.807) is 0 Å². The van der Waals surface area contributed by atoms with Crippen LogP contribution in [-0.4, -0.2) is 33.6 Å². The third-order valence-electron chi connectivity index (χ3n) is 2.55. The van der Waals surface area contributed by atoms with E-state index in [0.29, 0.717) is 12.0 Å². The number of hydrogen-bond donors (Lipinski definition) is 0. The summed E-state index contributed by atoms with van der Waals surface area (Å²) < 4.78 is 0. The van der Waals surface area contributed by atoms with Crippen molar-refractivity contribution in [3.8, 4) is 0 Å². The number of nitrogens with zero attached hydrogens (tertiary/aromatic N) is 4. The monoisotopic (exact) mass is 280 g/mol. The molecule has 0 amide bonds. The lowest BCUT2D eigenvalue weighted by molar-refractivity contribution is 0.734. The molecule has 4 nitrogen and oxygen atoms in total. The van der Waals surface area contributed by atoms with Crippen molar-refractivity contribution in [3.05, 3.63) is 24.3 Å². The van der Waals surface area contributed by atoms with Crippen LogP contribution >= 0.6 is 15.9 Å². The average Bonchev–Trinajstić information content (AvgIpc) is 2.36. The maximum Gasteiger partial charge on any atom is 0.245 e. The normalized spacial score (nSPS) is 12.7. The van der Waals surface area contributed by atoms with Crippen molar-refractivity contribution in [1.29, 1.82) is 0 Å². The molecule has 0 N–H and O–H groups in total. The van der Waals surface area contributed by atoms with Crippen LogP contribution in [0.5, 0.6) is 0 Å². The SMILES string of the molecule is CC(CBr)N(C)c1nnc2ccccc2n1. The second-order valence-electron chi connectivity index (χ2n) is 3.71. The topological polar surface area (TPSA) is 41.9 Å². The Balaban J connectivity index is 2.39. The van der Waals surface area contributed by atoms with Gasteiger partial charge in [0.15, 0.2) is 0 Å². The summed E-state index contributed by atoms with van der Waals surface area (Å²) in [5.41, 5.74) is 1.70. The number of hydrogen-bond acceptors (Lipinski definition) is 4. The summed E-state index contributed by atoms with van der Waals surface area (Å²) in [5, 5.41) is 9.14. The molecule has 1 aromatic heterocycles. The van der Waals surface area contributed by atoms with E-state index in [0.717, 1.165) is 16.4 Å². The summed E-state index contributed by atoms with van der Waals surface area (Å²) in [6.45, 7) is 2.10. The van der Waals surface area contributed by atoms with Crippen LogP contribution in [-0.2, 0) is 0 Å². The van der Waals surface area contributed by atoms with Gasteiger partial charge in [-0.25, -0.2) is 4.98 Å². The zero-order valence-corrected chi connectivity index (χ0v) is 10.8. The molecular weight excluding hydrogens is 268 g/mol. The molecule has 0 fully saturated rings. The van der Waals surface area contributed by atoms with Crippen molar-refractivity contribution in [1.82, 2.24) is 15.2 Å². The number of rotatable bonds is 3. The predicted octanol–water partition coefficient (Wildman–Crippen LogP) is 2.24. The van der Waals surface area contributed by atoms with Gasteiger partial charge in [-0.3, -0.25) is 0 Å². The molecule has 0 bridgehead atoms. The lowest BCUT2D eigenvalue weighted by Crippen LogP contribution is -2.31. The molecule has 0 radical (unpaired) electrons. The first-order chi connectivity index (χ1) is 7.72. The third-order valence-corrected chi connectivity index (χ3v) is 3.49. The Hall–Kier alpha value is -1.23. The van der Waals surface area contributed by atoms with Gasteiger partial charge in [0.25, 0.3) is 0 Å². The molecular formula is C11H13BrN4. The molecule has 0 saturated carbocycles. The van der Waals surface area contributed by atoms with Crippen LogP contribution in [0, 0.1) is 0 Å². The first-order valence-electron chi connectivity index (χ1n) is 5.10. The molecule has 0 aliphatic rings. The van der Waals surface area contributed by atoms with Crippen LogP contribution in [0.25, 0.3) is 11.0 Å². The Kier molecular flexibility index (Phi) is 3.33. The summed E-state index contributed by atoms with van der Waals surface area (Å²) in [4.78, 5) is 6.48. The van der Waals surface area contributed by atoms with E-state index in [-0.39, 0.29) is 0 Å². The predicted molar refractivity (Wildman–Crippen MR) is 69.0 cm³/mol. The third kappa shape index (κ3) is 2.14. The molecule has 1 unspecified atom stereocenters. The molecule has 0 aliphatic carbocycles. The zero-order chi connectivity index (χ0) is 11.5. The zero-order valence-electron chi connectivity index (χ0n) is 9.26. The number of fused-ring (bicyclic) bond motifs is 1. The van der Waals surface area contributed by atoms with Crippen molar-refractivity contribution in [2.45, 2.75) is 13.0 Å². The first-order valence-corrected chi connectivity index (χ1v) is 6.23. The number of anilines is 1. The molecule has 84 valence electrons. The smallest absolute Gasteiger partial charge is 0.245 e. The standard InChI is InChI=1S/C11H13BrN4/c1-8(7-12)16(2)11-13-9-5-3-4-6-10(9)14-15-11/h3-6,8H,7H2,1-2H3. The van der Waals surface area contributed by atoms with E-state index in [9.17, 15) is 0 Å². The maximum absolute atomic E-state index is 4.48. The fourth-order valence-corrected chi connectivity index (χ4v) is 1.76. The van der Waals surface area contributed by atoms with Crippen LogP contribution in [0.1, 0.15) is 6.92 Å².